The molecule has 1 saturated heterocycles. The molecule has 1 aliphatic heterocycles. The lowest BCUT2D eigenvalue weighted by molar-refractivity contribution is -0.368. The summed E-state index contributed by atoms with van der Waals surface area (Å²) in [4.78, 5) is 26.0. The van der Waals surface area contributed by atoms with Crippen LogP contribution >= 0.6 is 0 Å². The Morgan fingerprint density at radius 2 is 1.66 bits per heavy atom. The second-order valence-electron chi connectivity index (χ2n) is 7.77. The molecule has 150 valence electrons. The molecule has 4 rings (SSSR count). The summed E-state index contributed by atoms with van der Waals surface area (Å²) in [5.41, 5.74) is 2.71. The highest BCUT2D eigenvalue weighted by Crippen LogP contribution is 2.56. The summed E-state index contributed by atoms with van der Waals surface area (Å²) in [5.74, 6) is -0.244. The van der Waals surface area contributed by atoms with Crippen LogP contribution in [0.25, 0.3) is 11.1 Å². The lowest BCUT2D eigenvalue weighted by Crippen LogP contribution is -2.69. The monoisotopic (exact) mass is 390 g/mol. The predicted molar refractivity (Wildman–Crippen MR) is 112 cm³/mol. The number of nitrogens with zero attached hydrogens (tertiary/aromatic N) is 2. The maximum atomic E-state index is 13.6. The Bertz CT molecular complexity index is 963. The zero-order valence-corrected chi connectivity index (χ0v) is 17.3. The second-order valence-corrected chi connectivity index (χ2v) is 7.77. The lowest BCUT2D eigenvalue weighted by atomic mass is 9.92. The van der Waals surface area contributed by atoms with Gasteiger partial charge in [-0.25, -0.2) is 5.06 Å². The lowest BCUT2D eigenvalue weighted by Gasteiger charge is -2.55. The third-order valence-corrected chi connectivity index (χ3v) is 5.56. The van der Waals surface area contributed by atoms with E-state index >= 15 is 0 Å². The van der Waals surface area contributed by atoms with Gasteiger partial charge in [-0.15, -0.1) is 6.58 Å². The summed E-state index contributed by atoms with van der Waals surface area (Å²) in [6.45, 7) is 11.4. The van der Waals surface area contributed by atoms with Gasteiger partial charge in [0.25, 0.3) is 5.91 Å². The van der Waals surface area contributed by atoms with E-state index in [-0.39, 0.29) is 12.5 Å². The van der Waals surface area contributed by atoms with Crippen molar-refractivity contribution in [2.75, 3.05) is 6.61 Å². The molecular formula is C24H26N2O3. The molecule has 1 heterocycles. The Hall–Kier alpha value is -2.89. The molecule has 2 aliphatic rings. The van der Waals surface area contributed by atoms with E-state index in [1.165, 1.54) is 5.06 Å². The largest absolute Gasteiger partial charge is 0.283 e. The summed E-state index contributed by atoms with van der Waals surface area (Å²) >= 11 is 0. The maximum Gasteiger partial charge on any atom is 0.283 e. The molecule has 0 N–H and O–H groups in total. The van der Waals surface area contributed by atoms with Crippen molar-refractivity contribution in [3.63, 3.8) is 0 Å². The van der Waals surface area contributed by atoms with Crippen molar-refractivity contribution in [1.29, 1.82) is 0 Å². The number of hydrogen-bond acceptors (Lipinski definition) is 4. The fourth-order valence-corrected chi connectivity index (χ4v) is 4.16. The zero-order chi connectivity index (χ0) is 20.8. The van der Waals surface area contributed by atoms with Gasteiger partial charge in [0, 0.05) is 16.8 Å². The molecule has 5 nitrogen and oxygen atoms in total. The number of carbonyl (C=O) groups is 1. The van der Waals surface area contributed by atoms with Crippen molar-refractivity contribution >= 4 is 5.91 Å². The molecule has 0 unspecified atom stereocenters. The summed E-state index contributed by atoms with van der Waals surface area (Å²) in [7, 11) is 0. The molecule has 1 amide bonds. The first-order valence-electron chi connectivity index (χ1n) is 9.79. The average molecular weight is 390 g/mol. The van der Waals surface area contributed by atoms with Gasteiger partial charge >= 0.3 is 0 Å². The van der Waals surface area contributed by atoms with Gasteiger partial charge in [0.05, 0.1) is 6.61 Å². The van der Waals surface area contributed by atoms with Gasteiger partial charge < -0.3 is 0 Å². The van der Waals surface area contributed by atoms with E-state index < -0.39 is 11.3 Å². The standard InChI is InChI=1S/C24H26N2O3/c1-6-16-28-26-22(27)23(4,5)29-25(17(3)7-2)24(26)20-14-10-8-12-18(20)19-13-9-11-15-21(19)24/h6-15H,1,16H2,2-5H3/b17-7+. The SMILES string of the molecule is C=CCON1C(=O)C(C)(C)ON(/C(C)=C/C)C12c1ccccc1-c1ccccc12. The van der Waals surface area contributed by atoms with E-state index in [9.17, 15) is 4.79 Å². The van der Waals surface area contributed by atoms with Crippen LogP contribution in [0.3, 0.4) is 0 Å². The predicted octanol–water partition coefficient (Wildman–Crippen LogP) is 4.76. The summed E-state index contributed by atoms with van der Waals surface area (Å²) in [6, 6.07) is 16.2. The highest BCUT2D eigenvalue weighted by atomic mass is 16.8. The van der Waals surface area contributed by atoms with Crippen molar-refractivity contribution in [2.45, 2.75) is 39.0 Å². The minimum absolute atomic E-state index is 0.205. The summed E-state index contributed by atoms with van der Waals surface area (Å²) in [6.07, 6.45) is 3.62. The van der Waals surface area contributed by atoms with Crippen LogP contribution in [0.2, 0.25) is 0 Å². The number of rotatable bonds is 4. The Morgan fingerprint density at radius 3 is 2.17 bits per heavy atom. The molecule has 5 heteroatoms. The molecule has 29 heavy (non-hydrogen) atoms. The summed E-state index contributed by atoms with van der Waals surface area (Å²) in [5, 5.41) is 3.30. The molecule has 2 aromatic carbocycles. The Morgan fingerprint density at radius 1 is 1.10 bits per heavy atom. The van der Waals surface area contributed by atoms with E-state index in [1.807, 2.05) is 61.4 Å². The van der Waals surface area contributed by atoms with Gasteiger partial charge in [0.2, 0.25) is 5.66 Å². The zero-order valence-electron chi connectivity index (χ0n) is 17.3. The Balaban J connectivity index is 2.10. The fourth-order valence-electron chi connectivity index (χ4n) is 4.16. The van der Waals surface area contributed by atoms with E-state index in [1.54, 1.807) is 19.9 Å². The van der Waals surface area contributed by atoms with Gasteiger partial charge in [-0.1, -0.05) is 60.7 Å². The molecule has 0 saturated carbocycles. The van der Waals surface area contributed by atoms with Crippen molar-refractivity contribution in [3.8, 4) is 11.1 Å². The van der Waals surface area contributed by atoms with Crippen LogP contribution in [0.5, 0.6) is 0 Å². The number of allylic oxidation sites excluding steroid dienone is 2. The molecule has 1 spiro atoms. The van der Waals surface area contributed by atoms with Crippen molar-refractivity contribution < 1.29 is 14.5 Å². The molecule has 0 radical (unpaired) electrons. The topological polar surface area (TPSA) is 42.0 Å². The van der Waals surface area contributed by atoms with Gasteiger partial charge in [-0.05, 0) is 38.8 Å². The van der Waals surface area contributed by atoms with Crippen molar-refractivity contribution in [3.05, 3.63) is 84.1 Å². The number of amides is 1. The van der Waals surface area contributed by atoms with E-state index in [2.05, 4.69) is 18.7 Å². The van der Waals surface area contributed by atoms with E-state index in [0.717, 1.165) is 28.0 Å². The number of benzene rings is 2. The van der Waals surface area contributed by atoms with Crippen LogP contribution in [0.4, 0.5) is 0 Å². The number of carbonyl (C=O) groups excluding carboxylic acids is 1. The first-order chi connectivity index (χ1) is 13.9. The maximum absolute atomic E-state index is 13.6. The van der Waals surface area contributed by atoms with Gasteiger partial charge in [0.15, 0.2) is 5.60 Å². The van der Waals surface area contributed by atoms with E-state index in [0.29, 0.717) is 0 Å². The van der Waals surface area contributed by atoms with Crippen LogP contribution in [-0.4, -0.2) is 28.2 Å². The van der Waals surface area contributed by atoms with Crippen LogP contribution in [0.1, 0.15) is 38.8 Å². The van der Waals surface area contributed by atoms with Gasteiger partial charge in [-0.3, -0.25) is 14.5 Å². The fraction of sp³-hybridized carbons (Fsp3) is 0.292. The summed E-state index contributed by atoms with van der Waals surface area (Å²) < 4.78 is 0. The smallest absolute Gasteiger partial charge is 0.269 e. The molecule has 0 bridgehead atoms. The number of hydroxylamine groups is 4. The first-order valence-corrected chi connectivity index (χ1v) is 9.79. The van der Waals surface area contributed by atoms with Gasteiger partial charge in [-0.2, -0.15) is 5.06 Å². The normalized spacial score (nSPS) is 19.3. The number of hydrogen-bond donors (Lipinski definition) is 0. The Kier molecular flexibility index (Phi) is 4.60. The van der Waals surface area contributed by atoms with Crippen LogP contribution in [0, 0.1) is 0 Å². The van der Waals surface area contributed by atoms with Crippen molar-refractivity contribution in [2.24, 2.45) is 0 Å². The minimum Gasteiger partial charge on any atom is -0.269 e. The molecule has 2 aromatic rings. The Labute approximate surface area is 171 Å². The molecular weight excluding hydrogens is 364 g/mol. The van der Waals surface area contributed by atoms with E-state index in [4.69, 9.17) is 9.68 Å². The van der Waals surface area contributed by atoms with Crippen LogP contribution in [-0.2, 0) is 20.1 Å². The third-order valence-electron chi connectivity index (χ3n) is 5.56. The molecule has 0 atom stereocenters. The average Bonchev–Trinajstić information content (AvgIpc) is 3.02. The third kappa shape index (κ3) is 2.58. The molecule has 1 fully saturated rings. The second kappa shape index (κ2) is 6.87. The highest BCUT2D eigenvalue weighted by Gasteiger charge is 2.62. The van der Waals surface area contributed by atoms with Gasteiger partial charge in [0.1, 0.15) is 0 Å². The van der Waals surface area contributed by atoms with Crippen LogP contribution < -0.4 is 0 Å². The quantitative estimate of drug-likeness (QED) is 0.706. The first kappa shape index (κ1) is 19.4. The molecule has 1 aliphatic carbocycles. The minimum atomic E-state index is -1.09. The molecule has 0 aromatic heterocycles. The number of fused-ring (bicyclic) bond motifs is 5. The highest BCUT2D eigenvalue weighted by molar-refractivity contribution is 5.89. The van der Waals surface area contributed by atoms with Crippen molar-refractivity contribution in [1.82, 2.24) is 10.1 Å². The van der Waals surface area contributed by atoms with Crippen LogP contribution in [0.15, 0.2) is 73.0 Å².